The average Bonchev–Trinajstić information content (AvgIpc) is 2.81. The highest BCUT2D eigenvalue weighted by molar-refractivity contribution is 5.56. The number of hydrogen-bond donors (Lipinski definition) is 2. The maximum atomic E-state index is 12.9. The van der Waals surface area contributed by atoms with E-state index in [2.05, 4.69) is 10.6 Å². The van der Waals surface area contributed by atoms with Gasteiger partial charge in [-0.05, 0) is 31.2 Å². The summed E-state index contributed by atoms with van der Waals surface area (Å²) in [4.78, 5) is 0. The van der Waals surface area contributed by atoms with Gasteiger partial charge in [0.15, 0.2) is 0 Å². The van der Waals surface area contributed by atoms with Gasteiger partial charge in [-0.1, -0.05) is 0 Å². The van der Waals surface area contributed by atoms with E-state index >= 15 is 0 Å². The van der Waals surface area contributed by atoms with Crippen LogP contribution in [0.25, 0.3) is 0 Å². The number of nitrogens with one attached hydrogen (secondary N) is 2. The van der Waals surface area contributed by atoms with Crippen LogP contribution in [0.5, 0.6) is 0 Å². The lowest BCUT2D eigenvalue weighted by molar-refractivity contribution is -0.137. The molecule has 0 spiro atoms. The van der Waals surface area contributed by atoms with Crippen molar-refractivity contribution in [3.63, 3.8) is 0 Å². The van der Waals surface area contributed by atoms with Crippen LogP contribution in [0, 0.1) is 11.3 Å². The summed E-state index contributed by atoms with van der Waals surface area (Å²) in [6, 6.07) is 5.31. The molecule has 2 rings (SSSR count). The zero-order valence-electron chi connectivity index (χ0n) is 9.51. The van der Waals surface area contributed by atoms with Crippen molar-refractivity contribution in [2.45, 2.75) is 18.6 Å². The van der Waals surface area contributed by atoms with Crippen molar-refractivity contribution in [2.75, 3.05) is 18.4 Å². The number of alkyl halides is 3. The quantitative estimate of drug-likeness (QED) is 0.852. The van der Waals surface area contributed by atoms with Crippen molar-refractivity contribution in [2.24, 2.45) is 0 Å². The number of hydrogen-bond acceptors (Lipinski definition) is 3. The minimum atomic E-state index is -4.46. The molecule has 1 aromatic rings. The first-order valence-corrected chi connectivity index (χ1v) is 5.59. The molecule has 1 atom stereocenters. The number of rotatable bonds is 2. The molecule has 96 valence electrons. The molecule has 0 radical (unpaired) electrons. The first-order valence-electron chi connectivity index (χ1n) is 5.59. The van der Waals surface area contributed by atoms with Crippen molar-refractivity contribution in [1.29, 1.82) is 5.26 Å². The highest BCUT2D eigenvalue weighted by Crippen LogP contribution is 2.35. The summed E-state index contributed by atoms with van der Waals surface area (Å²) in [5.41, 5.74) is -0.735. The summed E-state index contributed by atoms with van der Waals surface area (Å²) in [6.45, 7) is 1.45. The van der Waals surface area contributed by atoms with Crippen LogP contribution in [0.3, 0.4) is 0 Å². The van der Waals surface area contributed by atoms with E-state index in [1.165, 1.54) is 12.1 Å². The maximum absolute atomic E-state index is 12.9. The van der Waals surface area contributed by atoms with E-state index in [0.717, 1.165) is 19.0 Å². The van der Waals surface area contributed by atoms with Crippen molar-refractivity contribution in [3.05, 3.63) is 29.3 Å². The first kappa shape index (κ1) is 12.7. The van der Waals surface area contributed by atoms with Crippen molar-refractivity contribution in [1.82, 2.24) is 5.32 Å². The Kier molecular flexibility index (Phi) is 3.43. The number of nitrogens with zero attached hydrogens (tertiary/aromatic N) is 1. The first-order chi connectivity index (χ1) is 8.50. The summed E-state index contributed by atoms with van der Waals surface area (Å²) >= 11 is 0. The van der Waals surface area contributed by atoms with Gasteiger partial charge in [-0.15, -0.1) is 0 Å². The van der Waals surface area contributed by atoms with Crippen LogP contribution in [0.4, 0.5) is 18.9 Å². The normalized spacial score (nSPS) is 19.6. The van der Waals surface area contributed by atoms with E-state index in [4.69, 9.17) is 5.26 Å². The zero-order chi connectivity index (χ0) is 13.2. The standard InChI is InChI=1S/C12H12F3N3/c13-12(14,15)10-5-8(6-16)1-2-11(10)18-9-3-4-17-7-9/h1-2,5,9,17-18H,3-4,7H2. The van der Waals surface area contributed by atoms with E-state index in [1.807, 2.05) is 0 Å². The van der Waals surface area contributed by atoms with Crippen molar-refractivity contribution >= 4 is 5.69 Å². The monoisotopic (exact) mass is 255 g/mol. The van der Waals surface area contributed by atoms with Gasteiger partial charge in [0, 0.05) is 18.3 Å². The fourth-order valence-corrected chi connectivity index (χ4v) is 1.97. The van der Waals surface area contributed by atoms with Gasteiger partial charge in [0.05, 0.1) is 17.2 Å². The Labute approximate surface area is 103 Å². The molecule has 1 fully saturated rings. The molecule has 0 amide bonds. The molecule has 1 heterocycles. The summed E-state index contributed by atoms with van der Waals surface area (Å²) in [5.74, 6) is 0. The molecule has 18 heavy (non-hydrogen) atoms. The second-order valence-corrected chi connectivity index (χ2v) is 4.20. The van der Waals surface area contributed by atoms with Gasteiger partial charge in [-0.3, -0.25) is 0 Å². The Morgan fingerprint density at radius 2 is 2.17 bits per heavy atom. The van der Waals surface area contributed by atoms with Gasteiger partial charge in [-0.25, -0.2) is 0 Å². The van der Waals surface area contributed by atoms with Gasteiger partial charge in [0.25, 0.3) is 0 Å². The highest BCUT2D eigenvalue weighted by Gasteiger charge is 2.34. The van der Waals surface area contributed by atoms with Crippen LogP contribution in [0.15, 0.2) is 18.2 Å². The Bertz CT molecular complexity index is 470. The summed E-state index contributed by atoms with van der Waals surface area (Å²) < 4.78 is 38.6. The predicted molar refractivity (Wildman–Crippen MR) is 61.1 cm³/mol. The molecule has 2 N–H and O–H groups in total. The SMILES string of the molecule is N#Cc1ccc(NC2CCNC2)c(C(F)(F)F)c1. The van der Waals surface area contributed by atoms with Crippen LogP contribution >= 0.6 is 0 Å². The number of benzene rings is 1. The number of anilines is 1. The van der Waals surface area contributed by atoms with E-state index in [1.54, 1.807) is 6.07 Å². The van der Waals surface area contributed by atoms with Crippen LogP contribution in [-0.2, 0) is 6.18 Å². The van der Waals surface area contributed by atoms with Crippen LogP contribution in [-0.4, -0.2) is 19.1 Å². The third-order valence-electron chi connectivity index (χ3n) is 2.87. The molecular formula is C12H12F3N3. The number of nitriles is 1. The molecule has 1 aliphatic heterocycles. The largest absolute Gasteiger partial charge is 0.418 e. The van der Waals surface area contributed by atoms with Crippen LogP contribution in [0.2, 0.25) is 0 Å². The van der Waals surface area contributed by atoms with E-state index < -0.39 is 11.7 Å². The Balaban J connectivity index is 2.30. The maximum Gasteiger partial charge on any atom is 0.418 e. The molecule has 0 saturated carbocycles. The van der Waals surface area contributed by atoms with E-state index in [9.17, 15) is 13.2 Å². The lowest BCUT2D eigenvalue weighted by Crippen LogP contribution is -2.24. The van der Waals surface area contributed by atoms with E-state index in [0.29, 0.717) is 6.54 Å². The molecule has 3 nitrogen and oxygen atoms in total. The smallest absolute Gasteiger partial charge is 0.380 e. The Morgan fingerprint density at radius 3 is 2.72 bits per heavy atom. The molecule has 1 aliphatic rings. The third kappa shape index (κ3) is 2.74. The van der Waals surface area contributed by atoms with Gasteiger partial charge < -0.3 is 10.6 Å². The van der Waals surface area contributed by atoms with Crippen molar-refractivity contribution in [3.8, 4) is 6.07 Å². The molecule has 0 aliphatic carbocycles. The van der Waals surface area contributed by atoms with Crippen molar-refractivity contribution < 1.29 is 13.2 Å². The summed E-state index contributed by atoms with van der Waals surface area (Å²) in [7, 11) is 0. The minimum absolute atomic E-state index is 0.000893. The molecule has 1 unspecified atom stereocenters. The van der Waals surface area contributed by atoms with Gasteiger partial charge >= 0.3 is 6.18 Å². The molecule has 1 saturated heterocycles. The molecule has 0 aromatic heterocycles. The lowest BCUT2D eigenvalue weighted by Gasteiger charge is -2.18. The molecule has 1 aromatic carbocycles. The fourth-order valence-electron chi connectivity index (χ4n) is 1.97. The third-order valence-corrected chi connectivity index (χ3v) is 2.87. The van der Waals surface area contributed by atoms with Crippen LogP contribution < -0.4 is 10.6 Å². The lowest BCUT2D eigenvalue weighted by atomic mass is 10.1. The summed E-state index contributed by atoms with van der Waals surface area (Å²) in [6.07, 6.45) is -3.67. The molecule has 6 heteroatoms. The molecule has 0 bridgehead atoms. The average molecular weight is 255 g/mol. The second kappa shape index (κ2) is 4.86. The van der Waals surface area contributed by atoms with E-state index in [-0.39, 0.29) is 17.3 Å². The van der Waals surface area contributed by atoms with Gasteiger partial charge in [0.1, 0.15) is 0 Å². The fraction of sp³-hybridized carbons (Fsp3) is 0.417. The zero-order valence-corrected chi connectivity index (χ0v) is 9.51. The van der Waals surface area contributed by atoms with Crippen LogP contribution in [0.1, 0.15) is 17.5 Å². The minimum Gasteiger partial charge on any atom is -0.380 e. The molecular weight excluding hydrogens is 243 g/mol. The Morgan fingerprint density at radius 1 is 1.39 bits per heavy atom. The highest BCUT2D eigenvalue weighted by atomic mass is 19.4. The predicted octanol–water partition coefficient (Wildman–Crippen LogP) is 2.35. The second-order valence-electron chi connectivity index (χ2n) is 4.20. The number of halogens is 3. The Hall–Kier alpha value is -1.74. The summed E-state index contributed by atoms with van der Waals surface area (Å²) in [5, 5.41) is 14.6. The van der Waals surface area contributed by atoms with Gasteiger partial charge in [-0.2, -0.15) is 18.4 Å². The van der Waals surface area contributed by atoms with Gasteiger partial charge in [0.2, 0.25) is 0 Å². The topological polar surface area (TPSA) is 47.9 Å².